The van der Waals surface area contributed by atoms with Crippen LogP contribution in [0, 0.1) is 10.1 Å². The van der Waals surface area contributed by atoms with Crippen LogP contribution in [-0.2, 0) is 7.05 Å². The van der Waals surface area contributed by atoms with Gasteiger partial charge >= 0.3 is 0 Å². The first-order valence-corrected chi connectivity index (χ1v) is 9.74. The quantitative estimate of drug-likeness (QED) is 0.218. The zero-order valence-electron chi connectivity index (χ0n) is 16.5. The molecule has 150 valence electrons. The van der Waals surface area contributed by atoms with Crippen molar-refractivity contribution in [2.24, 2.45) is 7.05 Å². The summed E-state index contributed by atoms with van der Waals surface area (Å²) < 4.78 is 9.34. The molecular formula is C23H20N3O3S+. The van der Waals surface area contributed by atoms with Crippen molar-refractivity contribution in [2.75, 3.05) is 7.11 Å². The van der Waals surface area contributed by atoms with Gasteiger partial charge in [-0.25, -0.2) is 4.57 Å². The van der Waals surface area contributed by atoms with E-state index in [1.807, 2.05) is 76.8 Å². The summed E-state index contributed by atoms with van der Waals surface area (Å²) in [6.45, 7) is 0. The number of imidazole rings is 1. The number of methoxy groups -OCH3 is 1. The summed E-state index contributed by atoms with van der Waals surface area (Å²) in [4.78, 5) is 10.9. The van der Waals surface area contributed by atoms with Crippen LogP contribution in [0.5, 0.6) is 5.75 Å². The monoisotopic (exact) mass is 418 g/mol. The Morgan fingerprint density at radius 2 is 1.63 bits per heavy atom. The average Bonchev–Trinajstić information content (AvgIpc) is 3.04. The predicted molar refractivity (Wildman–Crippen MR) is 118 cm³/mol. The minimum atomic E-state index is -0.389. The Hall–Kier alpha value is -3.58. The summed E-state index contributed by atoms with van der Waals surface area (Å²) in [5.41, 5.74) is 3.46. The molecule has 4 aromatic rings. The molecule has 0 N–H and O–H groups in total. The summed E-state index contributed by atoms with van der Waals surface area (Å²) in [5, 5.41) is 12.0. The molecule has 1 aromatic heterocycles. The van der Waals surface area contributed by atoms with E-state index in [1.165, 1.54) is 6.07 Å². The molecule has 0 radical (unpaired) electrons. The summed E-state index contributed by atoms with van der Waals surface area (Å²) in [6, 6.07) is 24.3. The van der Waals surface area contributed by atoms with E-state index in [4.69, 9.17) is 17.4 Å². The molecule has 1 heterocycles. The zero-order chi connectivity index (χ0) is 21.3. The maximum atomic E-state index is 11.3. The molecule has 0 aliphatic heterocycles. The SMILES string of the molecule is COc1ccc(-n2c(S)c(-c3cccc([N+](=O)[O-])c3)[n+](C)c2-c2ccccc2)cc1. The number of rotatable bonds is 5. The van der Waals surface area contributed by atoms with E-state index in [-0.39, 0.29) is 10.6 Å². The third-order valence-corrected chi connectivity index (χ3v) is 5.39. The molecule has 0 unspecified atom stereocenters. The fourth-order valence-electron chi connectivity index (χ4n) is 3.59. The normalized spacial score (nSPS) is 10.8. The minimum Gasteiger partial charge on any atom is -0.497 e. The number of ether oxygens (including phenoxy) is 1. The molecule has 0 fully saturated rings. The van der Waals surface area contributed by atoms with Crippen LogP contribution < -0.4 is 9.30 Å². The van der Waals surface area contributed by atoms with Gasteiger partial charge < -0.3 is 4.74 Å². The van der Waals surface area contributed by atoms with Gasteiger partial charge in [0.05, 0.1) is 24.6 Å². The van der Waals surface area contributed by atoms with Crippen LogP contribution in [0.25, 0.3) is 28.3 Å². The lowest BCUT2D eigenvalue weighted by Crippen LogP contribution is -2.32. The third kappa shape index (κ3) is 3.44. The minimum absolute atomic E-state index is 0.0405. The van der Waals surface area contributed by atoms with E-state index in [2.05, 4.69) is 0 Å². The maximum Gasteiger partial charge on any atom is 0.295 e. The first kappa shape index (κ1) is 19.7. The van der Waals surface area contributed by atoms with E-state index < -0.39 is 0 Å². The van der Waals surface area contributed by atoms with Gasteiger partial charge in [-0.2, -0.15) is 4.57 Å². The molecular weight excluding hydrogens is 398 g/mol. The van der Waals surface area contributed by atoms with E-state index >= 15 is 0 Å². The van der Waals surface area contributed by atoms with Crippen molar-refractivity contribution in [3.8, 4) is 34.1 Å². The van der Waals surface area contributed by atoms with Crippen molar-refractivity contribution in [3.05, 3.63) is 89.0 Å². The molecule has 0 aliphatic carbocycles. The van der Waals surface area contributed by atoms with Gasteiger partial charge in [-0.05, 0) is 36.4 Å². The van der Waals surface area contributed by atoms with Crippen molar-refractivity contribution >= 4 is 18.3 Å². The van der Waals surface area contributed by atoms with Gasteiger partial charge in [0.1, 0.15) is 11.4 Å². The van der Waals surface area contributed by atoms with Crippen LogP contribution in [0.2, 0.25) is 0 Å². The summed E-state index contributed by atoms with van der Waals surface area (Å²) in [7, 11) is 3.57. The number of nitrogens with zero attached hydrogens (tertiary/aromatic N) is 3. The molecule has 0 atom stereocenters. The van der Waals surface area contributed by atoms with Gasteiger partial charge in [0.15, 0.2) is 5.69 Å². The fraction of sp³-hybridized carbons (Fsp3) is 0.0870. The molecule has 7 heteroatoms. The summed E-state index contributed by atoms with van der Waals surface area (Å²) in [6.07, 6.45) is 0. The summed E-state index contributed by atoms with van der Waals surface area (Å²) in [5.74, 6) is 1.67. The highest BCUT2D eigenvalue weighted by Crippen LogP contribution is 2.34. The molecule has 6 nitrogen and oxygen atoms in total. The number of non-ortho nitro benzene ring substituents is 1. The van der Waals surface area contributed by atoms with Gasteiger partial charge in [-0.15, -0.1) is 0 Å². The van der Waals surface area contributed by atoms with Crippen molar-refractivity contribution in [2.45, 2.75) is 5.03 Å². The molecule has 0 spiro atoms. The molecule has 0 bridgehead atoms. The van der Waals surface area contributed by atoms with E-state index in [0.717, 1.165) is 34.1 Å². The van der Waals surface area contributed by atoms with Crippen molar-refractivity contribution in [3.63, 3.8) is 0 Å². The van der Waals surface area contributed by atoms with Crippen molar-refractivity contribution in [1.82, 2.24) is 4.57 Å². The fourth-order valence-corrected chi connectivity index (χ4v) is 4.08. The number of nitro groups is 1. The number of thiol groups is 1. The molecule has 0 aliphatic rings. The van der Waals surface area contributed by atoms with Crippen LogP contribution >= 0.6 is 12.6 Å². The van der Waals surface area contributed by atoms with Crippen molar-refractivity contribution < 1.29 is 14.2 Å². The van der Waals surface area contributed by atoms with Crippen LogP contribution in [0.3, 0.4) is 0 Å². The molecule has 30 heavy (non-hydrogen) atoms. The first-order chi connectivity index (χ1) is 14.5. The Labute approximate surface area is 179 Å². The van der Waals surface area contributed by atoms with Gasteiger partial charge in [-0.3, -0.25) is 10.1 Å². The lowest BCUT2D eigenvalue weighted by Gasteiger charge is -2.05. The standard InChI is InChI=1S/C23H19N3O3S/c1-24-21(17-9-6-10-19(15-17)26(27)28)23(30)25(18-11-13-20(29-2)14-12-18)22(24)16-7-4-3-5-8-16/h3-15H,1-2H3/p+1. The van der Waals surface area contributed by atoms with Crippen LogP contribution in [-0.4, -0.2) is 16.6 Å². The van der Waals surface area contributed by atoms with Crippen molar-refractivity contribution in [1.29, 1.82) is 0 Å². The van der Waals surface area contributed by atoms with Crippen LogP contribution in [0.1, 0.15) is 0 Å². The van der Waals surface area contributed by atoms with E-state index in [0.29, 0.717) is 5.03 Å². The number of aromatic nitrogens is 2. The number of hydrogen-bond donors (Lipinski definition) is 1. The van der Waals surface area contributed by atoms with Gasteiger partial charge in [0.2, 0.25) is 5.03 Å². The number of benzene rings is 3. The second-order valence-electron chi connectivity index (χ2n) is 6.76. The lowest BCUT2D eigenvalue weighted by molar-refractivity contribution is -0.649. The smallest absolute Gasteiger partial charge is 0.295 e. The van der Waals surface area contributed by atoms with Gasteiger partial charge in [0, 0.05) is 17.7 Å². The van der Waals surface area contributed by atoms with Crippen LogP contribution in [0.4, 0.5) is 5.69 Å². The molecule has 0 saturated carbocycles. The Morgan fingerprint density at radius 3 is 2.27 bits per heavy atom. The second kappa shape index (κ2) is 8.04. The second-order valence-corrected chi connectivity index (χ2v) is 7.19. The molecule has 4 rings (SSSR count). The van der Waals surface area contributed by atoms with Crippen LogP contribution in [0.15, 0.2) is 83.9 Å². The Kier molecular flexibility index (Phi) is 5.29. The van der Waals surface area contributed by atoms with E-state index in [9.17, 15) is 10.1 Å². The number of nitro benzene ring substituents is 1. The highest BCUT2D eigenvalue weighted by atomic mass is 32.1. The zero-order valence-corrected chi connectivity index (χ0v) is 17.4. The van der Waals surface area contributed by atoms with Gasteiger partial charge in [-0.1, -0.05) is 43.0 Å². The molecule has 0 saturated heterocycles. The Bertz CT molecular complexity index is 1220. The summed E-state index contributed by atoms with van der Waals surface area (Å²) >= 11 is 4.85. The predicted octanol–water partition coefficient (Wildman–Crippen LogP) is 4.84. The number of hydrogen-bond acceptors (Lipinski definition) is 4. The highest BCUT2D eigenvalue weighted by molar-refractivity contribution is 7.80. The van der Waals surface area contributed by atoms with E-state index in [1.54, 1.807) is 19.2 Å². The largest absolute Gasteiger partial charge is 0.497 e. The topological polar surface area (TPSA) is 61.2 Å². The lowest BCUT2D eigenvalue weighted by atomic mass is 10.1. The Balaban J connectivity index is 2.00. The Morgan fingerprint density at radius 1 is 0.967 bits per heavy atom. The first-order valence-electron chi connectivity index (χ1n) is 9.29. The maximum absolute atomic E-state index is 11.3. The average molecular weight is 418 g/mol. The molecule has 3 aromatic carbocycles. The molecule has 0 amide bonds. The van der Waals surface area contributed by atoms with Gasteiger partial charge in [0.25, 0.3) is 11.5 Å². The highest BCUT2D eigenvalue weighted by Gasteiger charge is 2.30. The third-order valence-electron chi connectivity index (χ3n) is 4.98.